The second-order valence-electron chi connectivity index (χ2n) is 5.84. The van der Waals surface area contributed by atoms with Crippen LogP contribution < -0.4 is 5.32 Å². The number of rotatable bonds is 5. The largest absolute Gasteiger partial charge is 0.396 e. The Bertz CT molecular complexity index is 240. The molecule has 3 unspecified atom stereocenters. The van der Waals surface area contributed by atoms with Crippen LogP contribution >= 0.6 is 0 Å². The van der Waals surface area contributed by atoms with Gasteiger partial charge in [-0.2, -0.15) is 0 Å². The van der Waals surface area contributed by atoms with Crippen LogP contribution in [0.1, 0.15) is 52.9 Å². The third-order valence-electron chi connectivity index (χ3n) is 3.88. The lowest BCUT2D eigenvalue weighted by Crippen LogP contribution is -2.43. The predicted octanol–water partition coefficient (Wildman–Crippen LogP) is 2.34. The Morgan fingerprint density at radius 1 is 1.41 bits per heavy atom. The molecule has 0 aliphatic heterocycles. The van der Waals surface area contributed by atoms with Gasteiger partial charge >= 0.3 is 0 Å². The number of nitrogens with one attached hydrogen (secondary N) is 1. The van der Waals surface area contributed by atoms with Crippen LogP contribution in [-0.2, 0) is 4.79 Å². The van der Waals surface area contributed by atoms with Crippen molar-refractivity contribution in [1.29, 1.82) is 0 Å². The molecule has 2 N–H and O–H groups in total. The summed E-state index contributed by atoms with van der Waals surface area (Å²) >= 11 is 0. The van der Waals surface area contributed by atoms with Gasteiger partial charge in [0.25, 0.3) is 0 Å². The topological polar surface area (TPSA) is 49.3 Å². The van der Waals surface area contributed by atoms with Crippen molar-refractivity contribution < 1.29 is 9.90 Å². The molecule has 1 amide bonds. The minimum Gasteiger partial charge on any atom is -0.396 e. The van der Waals surface area contributed by atoms with Crippen molar-refractivity contribution in [1.82, 2.24) is 5.32 Å². The molecule has 1 rings (SSSR count). The van der Waals surface area contributed by atoms with E-state index in [1.54, 1.807) is 0 Å². The van der Waals surface area contributed by atoms with Crippen molar-refractivity contribution in [3.05, 3.63) is 0 Å². The molecule has 0 aromatic heterocycles. The number of hydrogen-bond donors (Lipinski definition) is 2. The van der Waals surface area contributed by atoms with Crippen LogP contribution in [0.4, 0.5) is 0 Å². The first-order valence-electron chi connectivity index (χ1n) is 6.95. The van der Waals surface area contributed by atoms with Crippen LogP contribution in [0.15, 0.2) is 0 Å². The Morgan fingerprint density at radius 2 is 2.12 bits per heavy atom. The number of amides is 1. The summed E-state index contributed by atoms with van der Waals surface area (Å²) in [5.41, 5.74) is 0. The molecule has 3 atom stereocenters. The Labute approximate surface area is 105 Å². The second kappa shape index (κ2) is 7.00. The van der Waals surface area contributed by atoms with E-state index in [1.165, 1.54) is 12.8 Å². The van der Waals surface area contributed by atoms with Crippen LogP contribution in [0.2, 0.25) is 0 Å². The fourth-order valence-electron chi connectivity index (χ4n) is 2.68. The second-order valence-corrected chi connectivity index (χ2v) is 5.84. The number of carbonyl (C=O) groups excluding carboxylic acids is 1. The van der Waals surface area contributed by atoms with Gasteiger partial charge < -0.3 is 10.4 Å². The summed E-state index contributed by atoms with van der Waals surface area (Å²) in [6, 6.07) is 0.115. The lowest BCUT2D eigenvalue weighted by atomic mass is 9.81. The third kappa shape index (κ3) is 4.66. The van der Waals surface area contributed by atoms with Gasteiger partial charge in [0, 0.05) is 18.6 Å². The summed E-state index contributed by atoms with van der Waals surface area (Å²) < 4.78 is 0. The molecule has 100 valence electrons. The molecule has 0 aromatic rings. The van der Waals surface area contributed by atoms with Crippen molar-refractivity contribution in [3.8, 4) is 0 Å². The van der Waals surface area contributed by atoms with Crippen LogP contribution in [-0.4, -0.2) is 23.7 Å². The molecule has 0 bridgehead atoms. The van der Waals surface area contributed by atoms with Gasteiger partial charge in [-0.25, -0.2) is 0 Å². The van der Waals surface area contributed by atoms with E-state index in [2.05, 4.69) is 26.1 Å². The van der Waals surface area contributed by atoms with E-state index in [-0.39, 0.29) is 24.5 Å². The van der Waals surface area contributed by atoms with Crippen molar-refractivity contribution >= 4 is 5.91 Å². The first-order chi connectivity index (χ1) is 8.04. The molecular weight excluding hydrogens is 214 g/mol. The molecule has 1 saturated carbocycles. The molecule has 0 heterocycles. The average Bonchev–Trinajstić information content (AvgIpc) is 2.28. The Hall–Kier alpha value is -0.570. The predicted molar refractivity (Wildman–Crippen MR) is 69.6 cm³/mol. The van der Waals surface area contributed by atoms with Crippen molar-refractivity contribution in [3.63, 3.8) is 0 Å². The highest BCUT2D eigenvalue weighted by Gasteiger charge is 2.27. The van der Waals surface area contributed by atoms with Gasteiger partial charge in [-0.3, -0.25) is 4.79 Å². The van der Waals surface area contributed by atoms with E-state index >= 15 is 0 Å². The van der Waals surface area contributed by atoms with E-state index in [4.69, 9.17) is 5.11 Å². The standard InChI is InChI=1S/C14H27NO2/c1-10(2)13(7-8-16)15-14(17)12-6-4-5-11(3)9-12/h10-13,16H,4-9H2,1-3H3,(H,15,17). The summed E-state index contributed by atoms with van der Waals surface area (Å²) in [6.45, 7) is 6.55. The van der Waals surface area contributed by atoms with Crippen molar-refractivity contribution in [2.75, 3.05) is 6.61 Å². The van der Waals surface area contributed by atoms with E-state index in [0.717, 1.165) is 12.8 Å². The van der Waals surface area contributed by atoms with Crippen LogP contribution in [0.25, 0.3) is 0 Å². The summed E-state index contributed by atoms with van der Waals surface area (Å²) in [4.78, 5) is 12.1. The lowest BCUT2D eigenvalue weighted by Gasteiger charge is -2.29. The van der Waals surface area contributed by atoms with E-state index in [1.807, 2.05) is 0 Å². The highest BCUT2D eigenvalue weighted by atomic mass is 16.3. The van der Waals surface area contributed by atoms with Gasteiger partial charge in [0.05, 0.1) is 0 Å². The Balaban J connectivity index is 2.45. The van der Waals surface area contributed by atoms with Gasteiger partial charge in [0.15, 0.2) is 0 Å². The highest BCUT2D eigenvalue weighted by Crippen LogP contribution is 2.28. The number of aliphatic hydroxyl groups excluding tert-OH is 1. The zero-order chi connectivity index (χ0) is 12.8. The molecule has 1 fully saturated rings. The fourth-order valence-corrected chi connectivity index (χ4v) is 2.68. The van der Waals surface area contributed by atoms with Gasteiger partial charge in [-0.15, -0.1) is 0 Å². The van der Waals surface area contributed by atoms with Crippen LogP contribution in [0, 0.1) is 17.8 Å². The summed E-state index contributed by atoms with van der Waals surface area (Å²) in [5, 5.41) is 12.1. The first kappa shape index (κ1) is 14.5. The van der Waals surface area contributed by atoms with E-state index in [0.29, 0.717) is 18.3 Å². The molecule has 3 nitrogen and oxygen atoms in total. The monoisotopic (exact) mass is 241 g/mol. The quantitative estimate of drug-likeness (QED) is 0.776. The molecule has 3 heteroatoms. The van der Waals surface area contributed by atoms with Crippen molar-refractivity contribution in [2.24, 2.45) is 17.8 Å². The first-order valence-corrected chi connectivity index (χ1v) is 6.95. The lowest BCUT2D eigenvalue weighted by molar-refractivity contribution is -0.127. The third-order valence-corrected chi connectivity index (χ3v) is 3.88. The molecule has 0 aromatic carbocycles. The van der Waals surface area contributed by atoms with Crippen LogP contribution in [0.3, 0.4) is 0 Å². The van der Waals surface area contributed by atoms with Gasteiger partial charge in [-0.1, -0.05) is 33.6 Å². The smallest absolute Gasteiger partial charge is 0.223 e. The molecular formula is C14H27NO2. The SMILES string of the molecule is CC1CCCC(C(=O)NC(CCO)C(C)C)C1. The molecule has 0 saturated heterocycles. The zero-order valence-electron chi connectivity index (χ0n) is 11.4. The van der Waals surface area contributed by atoms with Gasteiger partial charge in [0.1, 0.15) is 0 Å². The fraction of sp³-hybridized carbons (Fsp3) is 0.929. The molecule has 17 heavy (non-hydrogen) atoms. The minimum absolute atomic E-state index is 0.115. The van der Waals surface area contributed by atoms with Gasteiger partial charge in [0.2, 0.25) is 5.91 Å². The maximum Gasteiger partial charge on any atom is 0.223 e. The summed E-state index contributed by atoms with van der Waals surface area (Å²) in [6.07, 6.45) is 5.14. The summed E-state index contributed by atoms with van der Waals surface area (Å²) in [7, 11) is 0. The van der Waals surface area contributed by atoms with E-state index < -0.39 is 0 Å². The number of aliphatic hydroxyl groups is 1. The minimum atomic E-state index is 0.115. The van der Waals surface area contributed by atoms with Crippen LogP contribution in [0.5, 0.6) is 0 Å². The molecule has 0 spiro atoms. The zero-order valence-corrected chi connectivity index (χ0v) is 11.4. The number of hydrogen-bond acceptors (Lipinski definition) is 2. The van der Waals surface area contributed by atoms with E-state index in [9.17, 15) is 4.79 Å². The maximum absolute atomic E-state index is 12.1. The highest BCUT2D eigenvalue weighted by molar-refractivity contribution is 5.79. The Morgan fingerprint density at radius 3 is 2.65 bits per heavy atom. The molecule has 1 aliphatic rings. The molecule has 1 aliphatic carbocycles. The van der Waals surface area contributed by atoms with Crippen molar-refractivity contribution in [2.45, 2.75) is 58.9 Å². The average molecular weight is 241 g/mol. The van der Waals surface area contributed by atoms with Gasteiger partial charge in [-0.05, 0) is 31.1 Å². The Kier molecular flexibility index (Phi) is 5.96. The normalized spacial score (nSPS) is 26.9. The number of carbonyl (C=O) groups is 1. The summed E-state index contributed by atoms with van der Waals surface area (Å²) in [5.74, 6) is 1.45. The maximum atomic E-state index is 12.1. The molecule has 0 radical (unpaired) electrons.